The van der Waals surface area contributed by atoms with Gasteiger partial charge in [0, 0.05) is 6.42 Å². The Hall–Kier alpha value is -2.17. The first-order chi connectivity index (χ1) is 10.2. The summed E-state index contributed by atoms with van der Waals surface area (Å²) in [5.74, 6) is 0.802. The highest BCUT2D eigenvalue weighted by Crippen LogP contribution is 2.48. The normalized spacial score (nSPS) is 15.7. The van der Waals surface area contributed by atoms with Crippen molar-refractivity contribution in [1.82, 2.24) is 10.1 Å². The second-order valence-corrected chi connectivity index (χ2v) is 5.30. The van der Waals surface area contributed by atoms with E-state index in [0.29, 0.717) is 24.7 Å². The molecule has 0 amide bonds. The van der Waals surface area contributed by atoms with Gasteiger partial charge in [-0.15, -0.1) is 0 Å². The number of aryl methyl sites for hydroxylation is 2. The van der Waals surface area contributed by atoms with Gasteiger partial charge in [0.05, 0.1) is 6.61 Å². The molecule has 0 saturated heterocycles. The largest absolute Gasteiger partial charge is 0.465 e. The van der Waals surface area contributed by atoms with Gasteiger partial charge in [-0.1, -0.05) is 35.5 Å². The van der Waals surface area contributed by atoms with Crippen molar-refractivity contribution in [3.05, 3.63) is 47.6 Å². The molecule has 1 aliphatic rings. The lowest BCUT2D eigenvalue weighted by Crippen LogP contribution is -2.23. The minimum absolute atomic E-state index is 0.247. The van der Waals surface area contributed by atoms with Gasteiger partial charge < -0.3 is 9.26 Å². The monoisotopic (exact) mass is 286 g/mol. The third kappa shape index (κ3) is 2.82. The molecule has 110 valence electrons. The van der Waals surface area contributed by atoms with Crippen LogP contribution in [0.3, 0.4) is 0 Å². The van der Waals surface area contributed by atoms with Gasteiger partial charge in [-0.25, -0.2) is 0 Å². The maximum Gasteiger partial charge on any atom is 0.321 e. The molecule has 0 unspecified atom stereocenters. The highest BCUT2D eigenvalue weighted by molar-refractivity contribution is 5.85. The van der Waals surface area contributed by atoms with Crippen molar-refractivity contribution in [2.45, 2.75) is 38.0 Å². The average Bonchev–Trinajstić information content (AvgIpc) is 3.19. The summed E-state index contributed by atoms with van der Waals surface area (Å²) < 4.78 is 10.4. The Labute approximate surface area is 123 Å². The number of esters is 1. The van der Waals surface area contributed by atoms with Gasteiger partial charge in [0.25, 0.3) is 0 Å². The van der Waals surface area contributed by atoms with Crippen molar-refractivity contribution in [2.24, 2.45) is 0 Å². The topological polar surface area (TPSA) is 65.2 Å². The quantitative estimate of drug-likeness (QED) is 0.763. The van der Waals surface area contributed by atoms with Gasteiger partial charge in [-0.3, -0.25) is 4.79 Å². The zero-order valence-electron chi connectivity index (χ0n) is 12.0. The Morgan fingerprint density at radius 1 is 1.29 bits per heavy atom. The molecule has 3 rings (SSSR count). The van der Waals surface area contributed by atoms with Crippen molar-refractivity contribution in [3.8, 4) is 0 Å². The number of aromatic nitrogens is 2. The molecular weight excluding hydrogens is 268 g/mol. The predicted octanol–water partition coefficient (Wildman–Crippen LogP) is 2.45. The van der Waals surface area contributed by atoms with Crippen LogP contribution >= 0.6 is 0 Å². The van der Waals surface area contributed by atoms with E-state index in [9.17, 15) is 4.79 Å². The van der Waals surface area contributed by atoms with Crippen LogP contribution in [0, 0.1) is 0 Å². The van der Waals surface area contributed by atoms with Gasteiger partial charge in [-0.2, -0.15) is 4.98 Å². The third-order valence-electron chi connectivity index (χ3n) is 3.77. The molecule has 0 atom stereocenters. The lowest BCUT2D eigenvalue weighted by atomic mass is 10.1. The smallest absolute Gasteiger partial charge is 0.321 e. The van der Waals surface area contributed by atoms with Gasteiger partial charge in [0.1, 0.15) is 5.41 Å². The molecule has 0 bridgehead atoms. The Kier molecular flexibility index (Phi) is 3.73. The minimum Gasteiger partial charge on any atom is -0.465 e. The summed E-state index contributed by atoms with van der Waals surface area (Å²) in [5.41, 5.74) is 0.559. The van der Waals surface area contributed by atoms with Crippen LogP contribution in [0.1, 0.15) is 37.0 Å². The van der Waals surface area contributed by atoms with Crippen molar-refractivity contribution in [2.75, 3.05) is 6.61 Å². The molecule has 0 spiro atoms. The molecule has 1 aromatic carbocycles. The van der Waals surface area contributed by atoms with E-state index in [1.54, 1.807) is 6.92 Å². The maximum atomic E-state index is 12.0. The van der Waals surface area contributed by atoms with Gasteiger partial charge >= 0.3 is 5.97 Å². The van der Waals surface area contributed by atoms with E-state index in [4.69, 9.17) is 9.26 Å². The van der Waals surface area contributed by atoms with Crippen LogP contribution in [0.4, 0.5) is 0 Å². The molecule has 1 aromatic heterocycles. The standard InChI is InChI=1S/C16H18N2O3/c1-2-20-15(19)16(10-11-16)14-17-13(18-21-14)9-8-12-6-4-3-5-7-12/h3-7H,2,8-11H2,1H3. The number of benzene rings is 1. The second kappa shape index (κ2) is 5.68. The van der Waals surface area contributed by atoms with E-state index >= 15 is 0 Å². The molecular formula is C16H18N2O3. The summed E-state index contributed by atoms with van der Waals surface area (Å²) in [7, 11) is 0. The lowest BCUT2D eigenvalue weighted by Gasteiger charge is -2.08. The van der Waals surface area contributed by atoms with E-state index in [0.717, 1.165) is 19.3 Å². The summed E-state index contributed by atoms with van der Waals surface area (Å²) in [5, 5.41) is 3.99. The fourth-order valence-corrected chi connectivity index (χ4v) is 2.35. The molecule has 21 heavy (non-hydrogen) atoms. The third-order valence-corrected chi connectivity index (χ3v) is 3.77. The van der Waals surface area contributed by atoms with Crippen LogP contribution in [0.15, 0.2) is 34.9 Å². The first-order valence-corrected chi connectivity index (χ1v) is 7.29. The molecule has 0 aliphatic heterocycles. The van der Waals surface area contributed by atoms with Gasteiger partial charge in [0.15, 0.2) is 5.82 Å². The van der Waals surface area contributed by atoms with E-state index in [2.05, 4.69) is 22.3 Å². The molecule has 1 aliphatic carbocycles. The number of hydrogen-bond donors (Lipinski definition) is 0. The van der Waals surface area contributed by atoms with Crippen LogP contribution in [-0.4, -0.2) is 22.7 Å². The zero-order valence-corrected chi connectivity index (χ0v) is 12.0. The lowest BCUT2D eigenvalue weighted by molar-refractivity contribution is -0.146. The van der Waals surface area contributed by atoms with E-state index in [1.807, 2.05) is 18.2 Å². The molecule has 5 heteroatoms. The van der Waals surface area contributed by atoms with Gasteiger partial charge in [-0.05, 0) is 31.7 Å². The van der Waals surface area contributed by atoms with E-state index in [-0.39, 0.29) is 5.97 Å². The molecule has 0 radical (unpaired) electrons. The van der Waals surface area contributed by atoms with Crippen LogP contribution in [0.5, 0.6) is 0 Å². The van der Waals surface area contributed by atoms with Crippen molar-refractivity contribution >= 4 is 5.97 Å². The number of rotatable bonds is 6. The Bertz CT molecular complexity index is 617. The predicted molar refractivity (Wildman–Crippen MR) is 75.7 cm³/mol. The van der Waals surface area contributed by atoms with Crippen molar-refractivity contribution in [1.29, 1.82) is 0 Å². The Morgan fingerprint density at radius 2 is 2.05 bits per heavy atom. The summed E-state index contributed by atoms with van der Waals surface area (Å²) in [6, 6.07) is 10.2. The number of carbonyl (C=O) groups is 1. The minimum atomic E-state index is -0.673. The fraction of sp³-hybridized carbons (Fsp3) is 0.438. The SMILES string of the molecule is CCOC(=O)C1(c2nc(CCc3ccccc3)no2)CC1. The number of nitrogens with zero attached hydrogens (tertiary/aromatic N) is 2. The molecule has 1 heterocycles. The molecule has 0 N–H and O–H groups in total. The highest BCUT2D eigenvalue weighted by Gasteiger charge is 2.57. The summed E-state index contributed by atoms with van der Waals surface area (Å²) in [6.07, 6.45) is 3.01. The van der Waals surface area contributed by atoms with Gasteiger partial charge in [0.2, 0.25) is 5.89 Å². The molecule has 2 aromatic rings. The fourth-order valence-electron chi connectivity index (χ4n) is 2.35. The summed E-state index contributed by atoms with van der Waals surface area (Å²) >= 11 is 0. The Balaban J connectivity index is 1.65. The van der Waals surface area contributed by atoms with Crippen LogP contribution < -0.4 is 0 Å². The van der Waals surface area contributed by atoms with E-state index < -0.39 is 5.41 Å². The zero-order chi connectivity index (χ0) is 14.7. The van der Waals surface area contributed by atoms with E-state index in [1.165, 1.54) is 5.56 Å². The first kappa shape index (κ1) is 13.8. The molecule has 1 fully saturated rings. The second-order valence-electron chi connectivity index (χ2n) is 5.30. The van der Waals surface area contributed by atoms with Crippen LogP contribution in [-0.2, 0) is 27.8 Å². The summed E-state index contributed by atoms with van der Waals surface area (Å²) in [6.45, 7) is 2.17. The average molecular weight is 286 g/mol. The van der Waals surface area contributed by atoms with Crippen molar-refractivity contribution in [3.63, 3.8) is 0 Å². The van der Waals surface area contributed by atoms with Crippen LogP contribution in [0.25, 0.3) is 0 Å². The molecule has 1 saturated carbocycles. The number of ether oxygens (including phenoxy) is 1. The van der Waals surface area contributed by atoms with Crippen LogP contribution in [0.2, 0.25) is 0 Å². The number of carbonyl (C=O) groups excluding carboxylic acids is 1. The van der Waals surface area contributed by atoms with Crippen molar-refractivity contribution < 1.29 is 14.1 Å². The summed E-state index contributed by atoms with van der Waals surface area (Å²) in [4.78, 5) is 16.4. The maximum absolute atomic E-state index is 12.0. The first-order valence-electron chi connectivity index (χ1n) is 7.29. The highest BCUT2D eigenvalue weighted by atomic mass is 16.5. The Morgan fingerprint density at radius 3 is 2.71 bits per heavy atom. The molecule has 5 nitrogen and oxygen atoms in total. The number of hydrogen-bond acceptors (Lipinski definition) is 5.